The van der Waals surface area contributed by atoms with Crippen molar-refractivity contribution in [3.05, 3.63) is 29.8 Å². The highest BCUT2D eigenvalue weighted by Gasteiger charge is 2.22. The highest BCUT2D eigenvalue weighted by atomic mass is 15.2. The third-order valence-corrected chi connectivity index (χ3v) is 2.53. The standard InChI is InChI=1S/C10H15N3.C2H6/c1-7-6-10(13-11)8-4-2-3-5-9(8)12-7;1-2/h2-5,7,10,12-13H,6,11H2,1H3;1-2H3. The maximum Gasteiger partial charge on any atom is 0.0499 e. The van der Waals surface area contributed by atoms with Gasteiger partial charge in [0.05, 0.1) is 0 Å². The van der Waals surface area contributed by atoms with Crippen LogP contribution in [0.25, 0.3) is 0 Å². The maximum absolute atomic E-state index is 5.50. The lowest BCUT2D eigenvalue weighted by molar-refractivity contribution is 0.473. The van der Waals surface area contributed by atoms with Gasteiger partial charge in [0.15, 0.2) is 0 Å². The van der Waals surface area contributed by atoms with Crippen molar-refractivity contribution in [2.45, 2.75) is 39.3 Å². The van der Waals surface area contributed by atoms with Crippen LogP contribution in [-0.2, 0) is 0 Å². The molecule has 1 aromatic rings. The highest BCUT2D eigenvalue weighted by Crippen LogP contribution is 2.31. The minimum atomic E-state index is 0.285. The fourth-order valence-corrected chi connectivity index (χ4v) is 1.90. The number of fused-ring (bicyclic) bond motifs is 1. The first-order valence-corrected chi connectivity index (χ1v) is 5.63. The Morgan fingerprint density at radius 1 is 1.33 bits per heavy atom. The Balaban J connectivity index is 0.000000531. The van der Waals surface area contributed by atoms with Crippen molar-refractivity contribution in [1.29, 1.82) is 0 Å². The third-order valence-electron chi connectivity index (χ3n) is 2.53. The summed E-state index contributed by atoms with van der Waals surface area (Å²) in [7, 11) is 0. The predicted octanol–water partition coefficient (Wildman–Crippen LogP) is 2.42. The minimum absolute atomic E-state index is 0.285. The lowest BCUT2D eigenvalue weighted by atomic mass is 9.94. The Bertz CT molecular complexity index is 299. The van der Waals surface area contributed by atoms with Gasteiger partial charge in [0.25, 0.3) is 0 Å². The molecule has 1 aliphatic rings. The molecule has 3 heteroatoms. The molecule has 1 heterocycles. The van der Waals surface area contributed by atoms with Gasteiger partial charge in [-0.25, -0.2) is 0 Å². The highest BCUT2D eigenvalue weighted by molar-refractivity contribution is 5.55. The second-order valence-corrected chi connectivity index (χ2v) is 3.59. The lowest BCUT2D eigenvalue weighted by Gasteiger charge is -2.30. The van der Waals surface area contributed by atoms with Crippen LogP contribution in [0.4, 0.5) is 5.69 Å². The second kappa shape index (κ2) is 5.73. The van der Waals surface area contributed by atoms with E-state index in [0.717, 1.165) is 6.42 Å². The van der Waals surface area contributed by atoms with Gasteiger partial charge >= 0.3 is 0 Å². The van der Waals surface area contributed by atoms with Crippen molar-refractivity contribution in [2.24, 2.45) is 5.84 Å². The van der Waals surface area contributed by atoms with E-state index in [2.05, 4.69) is 29.8 Å². The zero-order valence-corrected chi connectivity index (χ0v) is 9.75. The molecule has 0 amide bonds. The van der Waals surface area contributed by atoms with E-state index in [-0.39, 0.29) is 6.04 Å². The van der Waals surface area contributed by atoms with Crippen molar-refractivity contribution in [1.82, 2.24) is 5.43 Å². The molecule has 0 radical (unpaired) electrons. The maximum atomic E-state index is 5.50. The van der Waals surface area contributed by atoms with Gasteiger partial charge < -0.3 is 5.32 Å². The number of hydrogen-bond acceptors (Lipinski definition) is 3. The average Bonchev–Trinajstić information content (AvgIpc) is 2.30. The first-order chi connectivity index (χ1) is 7.31. The Labute approximate surface area is 92.0 Å². The van der Waals surface area contributed by atoms with Gasteiger partial charge in [-0.2, -0.15) is 0 Å². The number of hydrazine groups is 1. The Kier molecular flexibility index (Phi) is 4.59. The number of hydrogen-bond donors (Lipinski definition) is 3. The number of nitrogens with one attached hydrogen (secondary N) is 2. The second-order valence-electron chi connectivity index (χ2n) is 3.59. The minimum Gasteiger partial charge on any atom is -0.382 e. The lowest BCUT2D eigenvalue weighted by Crippen LogP contribution is -2.36. The molecule has 2 atom stereocenters. The number of nitrogens with two attached hydrogens (primary N) is 1. The monoisotopic (exact) mass is 207 g/mol. The van der Waals surface area contributed by atoms with Gasteiger partial charge in [0.1, 0.15) is 0 Å². The molecule has 0 aliphatic carbocycles. The third kappa shape index (κ3) is 2.70. The molecule has 0 saturated heterocycles. The van der Waals surface area contributed by atoms with Crippen LogP contribution in [0.3, 0.4) is 0 Å². The quantitative estimate of drug-likeness (QED) is 0.489. The summed E-state index contributed by atoms with van der Waals surface area (Å²) in [5, 5.41) is 3.43. The van der Waals surface area contributed by atoms with Crippen molar-refractivity contribution in [2.75, 3.05) is 5.32 Å². The van der Waals surface area contributed by atoms with Gasteiger partial charge in [-0.15, -0.1) is 0 Å². The van der Waals surface area contributed by atoms with Crippen LogP contribution >= 0.6 is 0 Å². The SMILES string of the molecule is CC.CC1CC(NN)c2ccccc2N1. The summed E-state index contributed by atoms with van der Waals surface area (Å²) in [6.45, 7) is 6.17. The molecule has 0 bridgehead atoms. The molecule has 0 spiro atoms. The summed E-state index contributed by atoms with van der Waals surface area (Å²) in [5.74, 6) is 5.50. The van der Waals surface area contributed by atoms with Crippen LogP contribution in [0.15, 0.2) is 24.3 Å². The zero-order valence-electron chi connectivity index (χ0n) is 9.75. The van der Waals surface area contributed by atoms with Crippen molar-refractivity contribution in [3.63, 3.8) is 0 Å². The van der Waals surface area contributed by atoms with Crippen LogP contribution in [0.5, 0.6) is 0 Å². The van der Waals surface area contributed by atoms with E-state index in [4.69, 9.17) is 5.84 Å². The number of rotatable bonds is 1. The van der Waals surface area contributed by atoms with E-state index >= 15 is 0 Å². The largest absolute Gasteiger partial charge is 0.382 e. The Hall–Kier alpha value is -1.06. The summed E-state index contributed by atoms with van der Waals surface area (Å²) in [6.07, 6.45) is 1.04. The van der Waals surface area contributed by atoms with E-state index in [0.29, 0.717) is 6.04 Å². The normalized spacial score (nSPS) is 23.2. The summed E-state index contributed by atoms with van der Waals surface area (Å²) >= 11 is 0. The van der Waals surface area contributed by atoms with Crippen LogP contribution in [-0.4, -0.2) is 6.04 Å². The molecule has 15 heavy (non-hydrogen) atoms. The summed E-state index contributed by atoms with van der Waals surface area (Å²) < 4.78 is 0. The molecule has 0 saturated carbocycles. The molecule has 3 nitrogen and oxygen atoms in total. The predicted molar refractivity (Wildman–Crippen MR) is 65.6 cm³/mol. The van der Waals surface area contributed by atoms with Crippen molar-refractivity contribution in [3.8, 4) is 0 Å². The number of para-hydroxylation sites is 1. The first kappa shape index (κ1) is 12.0. The molecular weight excluding hydrogens is 186 g/mol. The average molecular weight is 207 g/mol. The number of anilines is 1. The fraction of sp³-hybridized carbons (Fsp3) is 0.500. The molecule has 0 aromatic heterocycles. The van der Waals surface area contributed by atoms with Crippen LogP contribution < -0.4 is 16.6 Å². The molecule has 1 aliphatic heterocycles. The van der Waals surface area contributed by atoms with Gasteiger partial charge in [0.2, 0.25) is 0 Å². The van der Waals surface area contributed by atoms with E-state index in [9.17, 15) is 0 Å². The Morgan fingerprint density at radius 3 is 2.67 bits per heavy atom. The molecule has 0 fully saturated rings. The molecular formula is C12H21N3. The zero-order chi connectivity index (χ0) is 11.3. The smallest absolute Gasteiger partial charge is 0.0499 e. The van der Waals surface area contributed by atoms with E-state index < -0.39 is 0 Å². The van der Waals surface area contributed by atoms with Crippen molar-refractivity contribution < 1.29 is 0 Å². The van der Waals surface area contributed by atoms with Gasteiger partial charge in [-0.1, -0.05) is 32.0 Å². The Morgan fingerprint density at radius 2 is 2.00 bits per heavy atom. The topological polar surface area (TPSA) is 50.1 Å². The summed E-state index contributed by atoms with van der Waals surface area (Å²) in [5.41, 5.74) is 5.32. The molecule has 4 N–H and O–H groups in total. The van der Waals surface area contributed by atoms with Gasteiger partial charge in [-0.05, 0) is 25.0 Å². The molecule has 84 valence electrons. The van der Waals surface area contributed by atoms with E-state index in [1.807, 2.05) is 26.0 Å². The number of benzene rings is 1. The van der Waals surface area contributed by atoms with Gasteiger partial charge in [-0.3, -0.25) is 11.3 Å². The van der Waals surface area contributed by atoms with Crippen LogP contribution in [0, 0.1) is 0 Å². The first-order valence-electron chi connectivity index (χ1n) is 5.63. The molecule has 2 unspecified atom stereocenters. The van der Waals surface area contributed by atoms with Crippen molar-refractivity contribution >= 4 is 5.69 Å². The van der Waals surface area contributed by atoms with Crippen LogP contribution in [0.2, 0.25) is 0 Å². The van der Waals surface area contributed by atoms with E-state index in [1.165, 1.54) is 11.3 Å². The summed E-state index contributed by atoms with van der Waals surface area (Å²) in [6, 6.07) is 9.05. The van der Waals surface area contributed by atoms with E-state index in [1.54, 1.807) is 0 Å². The summed E-state index contributed by atoms with van der Waals surface area (Å²) in [4.78, 5) is 0. The fourth-order valence-electron chi connectivity index (χ4n) is 1.90. The molecule has 1 aromatic carbocycles. The molecule has 2 rings (SSSR count). The van der Waals surface area contributed by atoms with Crippen LogP contribution in [0.1, 0.15) is 38.8 Å². The van der Waals surface area contributed by atoms with Gasteiger partial charge in [0, 0.05) is 17.8 Å².